The van der Waals surface area contributed by atoms with Crippen molar-refractivity contribution in [1.82, 2.24) is 18.5 Å². The van der Waals surface area contributed by atoms with E-state index in [9.17, 15) is 9.59 Å². The third kappa shape index (κ3) is 4.07. The Bertz CT molecular complexity index is 1330. The number of ether oxygens (including phenoxy) is 1. The Kier molecular flexibility index (Phi) is 6.41. The van der Waals surface area contributed by atoms with Crippen molar-refractivity contribution < 1.29 is 9.53 Å². The van der Waals surface area contributed by atoms with E-state index in [1.165, 1.54) is 17.1 Å². The smallest absolute Gasteiger partial charge is 0.330 e. The number of aromatic nitrogens is 4. The van der Waals surface area contributed by atoms with Crippen LogP contribution in [-0.2, 0) is 16.1 Å². The minimum absolute atomic E-state index is 0.148. The van der Waals surface area contributed by atoms with Gasteiger partial charge < -0.3 is 4.74 Å². The number of carbonyl (C=O) groups excluding carboxylic acids is 1. The molecule has 0 aliphatic carbocycles. The third-order valence-electron chi connectivity index (χ3n) is 5.71. The van der Waals surface area contributed by atoms with Gasteiger partial charge in [0, 0.05) is 11.6 Å². The van der Waals surface area contributed by atoms with Crippen molar-refractivity contribution in [3.63, 3.8) is 0 Å². The largest absolute Gasteiger partial charge is 0.466 e. The van der Waals surface area contributed by atoms with Gasteiger partial charge in [0.2, 0.25) is 0 Å². The fourth-order valence-corrected chi connectivity index (χ4v) is 5.40. The van der Waals surface area contributed by atoms with Crippen LogP contribution in [0.2, 0.25) is 0 Å². The number of pyridine rings is 1. The molecule has 3 aromatic heterocycles. The van der Waals surface area contributed by atoms with Gasteiger partial charge in [-0.3, -0.25) is 13.9 Å². The van der Waals surface area contributed by atoms with Crippen molar-refractivity contribution >= 4 is 38.8 Å². The Hall–Kier alpha value is -3.00. The van der Waals surface area contributed by atoms with Crippen LogP contribution in [0.1, 0.15) is 56.0 Å². The zero-order valence-electron chi connectivity index (χ0n) is 18.9. The summed E-state index contributed by atoms with van der Waals surface area (Å²) >= 11 is 1.46. The van der Waals surface area contributed by atoms with Crippen molar-refractivity contribution in [2.24, 2.45) is 0 Å². The molecular weight excluding hydrogens is 424 g/mol. The lowest BCUT2D eigenvalue weighted by molar-refractivity contribution is -0.144. The lowest BCUT2D eigenvalue weighted by Crippen LogP contribution is -2.29. The van der Waals surface area contributed by atoms with Crippen LogP contribution in [0.15, 0.2) is 35.3 Å². The van der Waals surface area contributed by atoms with E-state index in [1.807, 2.05) is 19.1 Å². The molecule has 0 saturated heterocycles. The van der Waals surface area contributed by atoms with Gasteiger partial charge in [0.1, 0.15) is 0 Å². The SMILES string of the molecule is CCCC(CC(=O)OCC)n1c(=O)n(Cc2nsc3cc(C)cc(C)c23)c2cccnc21. The van der Waals surface area contributed by atoms with Gasteiger partial charge in [0.05, 0.1) is 41.5 Å². The van der Waals surface area contributed by atoms with Crippen molar-refractivity contribution in [1.29, 1.82) is 0 Å². The zero-order valence-corrected chi connectivity index (χ0v) is 19.7. The Morgan fingerprint density at radius 1 is 1.25 bits per heavy atom. The maximum atomic E-state index is 13.7. The summed E-state index contributed by atoms with van der Waals surface area (Å²) in [6.07, 6.45) is 3.36. The molecule has 7 nitrogen and oxygen atoms in total. The van der Waals surface area contributed by atoms with E-state index in [2.05, 4.69) is 35.3 Å². The average molecular weight is 453 g/mol. The number of hydrogen-bond donors (Lipinski definition) is 0. The minimum Gasteiger partial charge on any atom is -0.466 e. The second-order valence-electron chi connectivity index (χ2n) is 8.12. The number of carbonyl (C=O) groups is 1. The monoisotopic (exact) mass is 452 g/mol. The molecule has 1 aromatic carbocycles. The average Bonchev–Trinajstić information content (AvgIpc) is 3.27. The maximum Gasteiger partial charge on any atom is 0.330 e. The highest BCUT2D eigenvalue weighted by atomic mass is 32.1. The molecule has 0 aliphatic rings. The number of benzene rings is 1. The molecule has 1 unspecified atom stereocenters. The minimum atomic E-state index is -0.304. The summed E-state index contributed by atoms with van der Waals surface area (Å²) in [7, 11) is 0. The van der Waals surface area contributed by atoms with Gasteiger partial charge in [-0.1, -0.05) is 19.4 Å². The Morgan fingerprint density at radius 2 is 2.06 bits per heavy atom. The molecule has 0 saturated carbocycles. The third-order valence-corrected chi connectivity index (χ3v) is 6.54. The predicted molar refractivity (Wildman–Crippen MR) is 127 cm³/mol. The van der Waals surface area contributed by atoms with Gasteiger partial charge in [0.25, 0.3) is 0 Å². The first-order valence-corrected chi connectivity index (χ1v) is 11.8. The lowest BCUT2D eigenvalue weighted by atomic mass is 10.1. The van der Waals surface area contributed by atoms with Gasteiger partial charge in [-0.15, -0.1) is 0 Å². The summed E-state index contributed by atoms with van der Waals surface area (Å²) in [6, 6.07) is 7.70. The van der Waals surface area contributed by atoms with Gasteiger partial charge in [-0.25, -0.2) is 9.78 Å². The Morgan fingerprint density at radius 3 is 2.81 bits per heavy atom. The first-order valence-electron chi connectivity index (χ1n) is 11.0. The zero-order chi connectivity index (χ0) is 22.8. The molecule has 8 heteroatoms. The molecule has 0 aliphatic heterocycles. The molecular formula is C24H28N4O3S. The first kappa shape index (κ1) is 22.2. The molecule has 0 bridgehead atoms. The number of fused-ring (bicyclic) bond motifs is 2. The molecule has 0 amide bonds. The lowest BCUT2D eigenvalue weighted by Gasteiger charge is -2.16. The molecule has 0 N–H and O–H groups in total. The Balaban J connectivity index is 1.83. The molecule has 4 aromatic rings. The number of nitrogens with zero attached hydrogens (tertiary/aromatic N) is 4. The Labute approximate surface area is 190 Å². The fraction of sp³-hybridized carbons (Fsp3) is 0.417. The van der Waals surface area contributed by atoms with Crippen LogP contribution in [0.5, 0.6) is 0 Å². The van der Waals surface area contributed by atoms with E-state index < -0.39 is 0 Å². The fourth-order valence-electron chi connectivity index (χ4n) is 4.44. The van der Waals surface area contributed by atoms with Crippen molar-refractivity contribution in [3.8, 4) is 0 Å². The van der Waals surface area contributed by atoms with Crippen molar-refractivity contribution in [2.45, 2.75) is 59.5 Å². The topological polar surface area (TPSA) is 79.0 Å². The summed E-state index contributed by atoms with van der Waals surface area (Å²) in [6.45, 7) is 8.67. The molecule has 32 heavy (non-hydrogen) atoms. The summed E-state index contributed by atoms with van der Waals surface area (Å²) in [5.41, 5.74) is 4.40. The van der Waals surface area contributed by atoms with E-state index >= 15 is 0 Å². The second-order valence-corrected chi connectivity index (χ2v) is 8.93. The van der Waals surface area contributed by atoms with Gasteiger partial charge in [0.15, 0.2) is 5.65 Å². The first-order chi connectivity index (χ1) is 15.4. The van der Waals surface area contributed by atoms with Crippen molar-refractivity contribution in [2.75, 3.05) is 6.61 Å². The quantitative estimate of drug-likeness (QED) is 0.360. The summed E-state index contributed by atoms with van der Waals surface area (Å²) < 4.78 is 14.4. The van der Waals surface area contributed by atoms with Crippen LogP contribution in [0.3, 0.4) is 0 Å². The highest BCUT2D eigenvalue weighted by Crippen LogP contribution is 2.29. The van der Waals surface area contributed by atoms with Gasteiger partial charge in [-0.05, 0) is 68.1 Å². The highest BCUT2D eigenvalue weighted by Gasteiger charge is 2.24. The van der Waals surface area contributed by atoms with Crippen LogP contribution in [0.4, 0.5) is 0 Å². The van der Waals surface area contributed by atoms with E-state index in [1.54, 1.807) is 22.3 Å². The molecule has 1 atom stereocenters. The van der Waals surface area contributed by atoms with Crippen LogP contribution < -0.4 is 5.69 Å². The van der Waals surface area contributed by atoms with Gasteiger partial charge in [-0.2, -0.15) is 4.37 Å². The maximum absolute atomic E-state index is 13.7. The molecule has 0 radical (unpaired) electrons. The second kappa shape index (κ2) is 9.24. The number of aryl methyl sites for hydroxylation is 2. The van der Waals surface area contributed by atoms with E-state index in [4.69, 9.17) is 4.74 Å². The van der Waals surface area contributed by atoms with Crippen LogP contribution in [0.25, 0.3) is 21.3 Å². The highest BCUT2D eigenvalue weighted by molar-refractivity contribution is 7.13. The van der Waals surface area contributed by atoms with E-state index in [-0.39, 0.29) is 24.1 Å². The summed E-state index contributed by atoms with van der Waals surface area (Å²) in [5.74, 6) is -0.300. The van der Waals surface area contributed by atoms with E-state index in [0.29, 0.717) is 25.2 Å². The van der Waals surface area contributed by atoms with E-state index in [0.717, 1.165) is 33.3 Å². The number of esters is 1. The number of hydrogen-bond acceptors (Lipinski definition) is 6. The molecule has 0 fully saturated rings. The number of imidazole rings is 1. The summed E-state index contributed by atoms with van der Waals surface area (Å²) in [4.78, 5) is 30.4. The molecule has 0 spiro atoms. The van der Waals surface area contributed by atoms with Crippen LogP contribution >= 0.6 is 11.5 Å². The van der Waals surface area contributed by atoms with Gasteiger partial charge >= 0.3 is 11.7 Å². The standard InChI is InChI=1S/C24H28N4O3S/c1-5-8-17(13-21(29)31-6-2)28-23-19(9-7-10-25-23)27(24(28)30)14-18-22-16(4)11-15(3)12-20(22)32-26-18/h7,9-12,17H,5-6,8,13-14H2,1-4H3. The summed E-state index contributed by atoms with van der Waals surface area (Å²) in [5, 5.41) is 1.11. The van der Waals surface area contributed by atoms with Crippen molar-refractivity contribution in [3.05, 3.63) is 57.8 Å². The molecule has 4 rings (SSSR count). The van der Waals surface area contributed by atoms with Crippen LogP contribution in [0, 0.1) is 13.8 Å². The number of rotatable bonds is 8. The normalized spacial score (nSPS) is 12.5. The van der Waals surface area contributed by atoms with Crippen LogP contribution in [-0.4, -0.2) is 31.1 Å². The molecule has 168 valence electrons. The molecule has 3 heterocycles. The predicted octanol–water partition coefficient (Wildman–Crippen LogP) is 4.77.